The van der Waals surface area contributed by atoms with Crippen molar-refractivity contribution in [2.45, 2.75) is 13.3 Å². The zero-order chi connectivity index (χ0) is 10.1. The van der Waals surface area contributed by atoms with Crippen LogP contribution < -0.4 is 4.74 Å². The van der Waals surface area contributed by atoms with Crippen LogP contribution in [0.5, 0.6) is 5.75 Å². The maximum Gasteiger partial charge on any atom is 0.155 e. The molecule has 14 heavy (non-hydrogen) atoms. The third-order valence-electron chi connectivity index (χ3n) is 2.32. The number of hydrogen-bond donors (Lipinski definition) is 0. The summed E-state index contributed by atoms with van der Waals surface area (Å²) in [5, 5.41) is 4.04. The van der Waals surface area contributed by atoms with E-state index in [-0.39, 0.29) is 0 Å². The smallest absolute Gasteiger partial charge is 0.155 e. The molecule has 0 radical (unpaired) electrons. The highest BCUT2D eigenvalue weighted by Gasteiger charge is 2.11. The Labute approximate surface area is 92.3 Å². The zero-order valence-electron chi connectivity index (χ0n) is 8.13. The summed E-state index contributed by atoms with van der Waals surface area (Å²) in [4.78, 5) is 0. The van der Waals surface area contributed by atoms with Crippen LogP contribution >= 0.6 is 22.9 Å². The standard InChI is InChI=1S/C11H11ClOS/c1-3-7-6-9(12)10(13-2)11-8(7)4-5-14-11/h4-6H,3H2,1-2H3. The molecule has 0 saturated heterocycles. The largest absolute Gasteiger partial charge is 0.494 e. The number of hydrogen-bond acceptors (Lipinski definition) is 2. The Morgan fingerprint density at radius 1 is 1.50 bits per heavy atom. The maximum absolute atomic E-state index is 6.13. The van der Waals surface area contributed by atoms with Crippen molar-refractivity contribution in [1.29, 1.82) is 0 Å². The van der Waals surface area contributed by atoms with Gasteiger partial charge in [0.2, 0.25) is 0 Å². The van der Waals surface area contributed by atoms with E-state index in [0.717, 1.165) is 16.9 Å². The van der Waals surface area contributed by atoms with E-state index in [9.17, 15) is 0 Å². The van der Waals surface area contributed by atoms with E-state index in [0.29, 0.717) is 5.02 Å². The molecule has 1 aromatic carbocycles. The lowest BCUT2D eigenvalue weighted by Gasteiger charge is -2.07. The SMILES string of the molecule is CCc1cc(Cl)c(OC)c2sccc12. The molecule has 0 unspecified atom stereocenters. The fraction of sp³-hybridized carbons (Fsp3) is 0.273. The molecular weight excluding hydrogens is 216 g/mol. The van der Waals surface area contributed by atoms with Gasteiger partial charge in [0.05, 0.1) is 16.8 Å². The molecule has 0 atom stereocenters. The van der Waals surface area contributed by atoms with Crippen LogP contribution in [0.1, 0.15) is 12.5 Å². The van der Waals surface area contributed by atoms with Crippen LogP contribution in [-0.4, -0.2) is 7.11 Å². The molecule has 1 aromatic heterocycles. The van der Waals surface area contributed by atoms with E-state index in [1.807, 2.05) is 6.07 Å². The molecule has 0 spiro atoms. The number of benzene rings is 1. The van der Waals surface area contributed by atoms with Crippen LogP contribution in [0.25, 0.3) is 10.1 Å². The summed E-state index contributed by atoms with van der Waals surface area (Å²) in [6, 6.07) is 4.12. The first-order chi connectivity index (χ1) is 6.77. The van der Waals surface area contributed by atoms with Crippen LogP contribution in [-0.2, 0) is 6.42 Å². The van der Waals surface area contributed by atoms with Gasteiger partial charge in [-0.1, -0.05) is 18.5 Å². The number of methoxy groups -OCH3 is 1. The number of thiophene rings is 1. The minimum absolute atomic E-state index is 0.708. The molecule has 3 heteroatoms. The Bertz CT molecular complexity index is 462. The Kier molecular flexibility index (Phi) is 2.66. The van der Waals surface area contributed by atoms with Crippen LogP contribution in [0.4, 0.5) is 0 Å². The summed E-state index contributed by atoms with van der Waals surface area (Å²) in [7, 11) is 1.66. The van der Waals surface area contributed by atoms with Gasteiger partial charge in [-0.3, -0.25) is 0 Å². The summed E-state index contributed by atoms with van der Waals surface area (Å²) < 4.78 is 6.44. The highest BCUT2D eigenvalue weighted by atomic mass is 35.5. The zero-order valence-corrected chi connectivity index (χ0v) is 9.71. The summed E-state index contributed by atoms with van der Waals surface area (Å²) in [5.41, 5.74) is 1.28. The Balaban J connectivity index is 2.81. The molecule has 1 nitrogen and oxygen atoms in total. The van der Waals surface area contributed by atoms with Gasteiger partial charge in [0.25, 0.3) is 0 Å². The highest BCUT2D eigenvalue weighted by Crippen LogP contribution is 2.39. The second-order valence-electron chi connectivity index (χ2n) is 3.07. The quantitative estimate of drug-likeness (QED) is 0.749. The first-order valence-electron chi connectivity index (χ1n) is 4.50. The average molecular weight is 227 g/mol. The first kappa shape index (κ1) is 9.81. The van der Waals surface area contributed by atoms with E-state index < -0.39 is 0 Å². The molecule has 0 bridgehead atoms. The molecule has 0 N–H and O–H groups in total. The van der Waals surface area contributed by atoms with Gasteiger partial charge in [-0.25, -0.2) is 0 Å². The number of halogens is 1. The van der Waals surface area contributed by atoms with Crippen molar-refractivity contribution in [3.63, 3.8) is 0 Å². The molecule has 0 aliphatic rings. The van der Waals surface area contributed by atoms with Gasteiger partial charge in [0.15, 0.2) is 5.75 Å². The van der Waals surface area contributed by atoms with Crippen molar-refractivity contribution in [3.8, 4) is 5.75 Å². The van der Waals surface area contributed by atoms with Crippen molar-refractivity contribution < 1.29 is 4.74 Å². The predicted octanol–water partition coefficient (Wildman–Crippen LogP) is 4.13. The minimum Gasteiger partial charge on any atom is -0.494 e. The Hall–Kier alpha value is -0.730. The van der Waals surface area contributed by atoms with Gasteiger partial charge < -0.3 is 4.74 Å². The van der Waals surface area contributed by atoms with Crippen molar-refractivity contribution in [3.05, 3.63) is 28.1 Å². The van der Waals surface area contributed by atoms with Crippen molar-refractivity contribution in [2.75, 3.05) is 7.11 Å². The maximum atomic E-state index is 6.13. The number of fused-ring (bicyclic) bond motifs is 1. The lowest BCUT2D eigenvalue weighted by atomic mass is 10.1. The first-order valence-corrected chi connectivity index (χ1v) is 5.76. The Morgan fingerprint density at radius 3 is 2.93 bits per heavy atom. The lowest BCUT2D eigenvalue weighted by molar-refractivity contribution is 0.420. The monoisotopic (exact) mass is 226 g/mol. The molecule has 74 valence electrons. The van der Waals surface area contributed by atoms with E-state index in [2.05, 4.69) is 18.4 Å². The fourth-order valence-corrected chi connectivity index (χ4v) is 2.95. The molecule has 0 aliphatic heterocycles. The van der Waals surface area contributed by atoms with E-state index >= 15 is 0 Å². The van der Waals surface area contributed by atoms with Gasteiger partial charge >= 0.3 is 0 Å². The second kappa shape index (κ2) is 3.79. The predicted molar refractivity (Wildman–Crippen MR) is 62.8 cm³/mol. The number of aryl methyl sites for hydroxylation is 1. The topological polar surface area (TPSA) is 9.23 Å². The van der Waals surface area contributed by atoms with E-state index in [4.69, 9.17) is 16.3 Å². The molecule has 0 amide bonds. The summed E-state index contributed by atoms with van der Waals surface area (Å²) >= 11 is 7.80. The van der Waals surface area contributed by atoms with E-state index in [1.165, 1.54) is 10.9 Å². The van der Waals surface area contributed by atoms with E-state index in [1.54, 1.807) is 18.4 Å². The average Bonchev–Trinajstić information content (AvgIpc) is 2.65. The van der Waals surface area contributed by atoms with Gasteiger partial charge in [0.1, 0.15) is 0 Å². The summed E-state index contributed by atoms with van der Waals surface area (Å²) in [5.74, 6) is 0.800. The molecular formula is C11H11ClOS. The summed E-state index contributed by atoms with van der Waals surface area (Å²) in [6.07, 6.45) is 0.997. The highest BCUT2D eigenvalue weighted by molar-refractivity contribution is 7.17. The fourth-order valence-electron chi connectivity index (χ4n) is 1.63. The molecule has 0 aliphatic carbocycles. The number of rotatable bonds is 2. The third-order valence-corrected chi connectivity index (χ3v) is 3.51. The van der Waals surface area contributed by atoms with Crippen LogP contribution in [0, 0.1) is 0 Å². The number of ether oxygens (including phenoxy) is 1. The van der Waals surface area contributed by atoms with Gasteiger partial charge in [-0.05, 0) is 34.9 Å². The minimum atomic E-state index is 0.708. The lowest BCUT2D eigenvalue weighted by Crippen LogP contribution is -1.88. The van der Waals surface area contributed by atoms with Gasteiger partial charge in [0, 0.05) is 0 Å². The van der Waals surface area contributed by atoms with Gasteiger partial charge in [-0.15, -0.1) is 11.3 Å². The molecule has 2 rings (SSSR count). The van der Waals surface area contributed by atoms with Crippen LogP contribution in [0.2, 0.25) is 5.02 Å². The van der Waals surface area contributed by atoms with Gasteiger partial charge in [-0.2, -0.15) is 0 Å². The van der Waals surface area contributed by atoms with Crippen LogP contribution in [0.15, 0.2) is 17.5 Å². The van der Waals surface area contributed by atoms with Crippen molar-refractivity contribution >= 4 is 33.0 Å². The Morgan fingerprint density at radius 2 is 2.29 bits per heavy atom. The summed E-state index contributed by atoms with van der Waals surface area (Å²) in [6.45, 7) is 2.13. The van der Waals surface area contributed by atoms with Crippen molar-refractivity contribution in [2.24, 2.45) is 0 Å². The van der Waals surface area contributed by atoms with Crippen molar-refractivity contribution in [1.82, 2.24) is 0 Å². The molecule has 0 saturated carbocycles. The van der Waals surface area contributed by atoms with Crippen LogP contribution in [0.3, 0.4) is 0 Å². The normalized spacial score (nSPS) is 10.8. The molecule has 0 fully saturated rings. The second-order valence-corrected chi connectivity index (χ2v) is 4.39. The molecule has 2 aromatic rings. The molecule has 1 heterocycles. The third kappa shape index (κ3) is 1.39.